The first kappa shape index (κ1) is 13.5. The second-order valence-electron chi connectivity index (χ2n) is 5.17. The van der Waals surface area contributed by atoms with Crippen LogP contribution in [0.4, 0.5) is 0 Å². The van der Waals surface area contributed by atoms with Crippen LogP contribution in [0.3, 0.4) is 0 Å². The molecule has 0 aromatic carbocycles. The maximum atomic E-state index is 2.55. The van der Waals surface area contributed by atoms with Crippen LogP contribution < -0.4 is 0 Å². The van der Waals surface area contributed by atoms with Gasteiger partial charge < -0.3 is 0 Å². The van der Waals surface area contributed by atoms with Crippen molar-refractivity contribution in [3.05, 3.63) is 42.5 Å². The van der Waals surface area contributed by atoms with Crippen LogP contribution in [0.5, 0.6) is 0 Å². The summed E-state index contributed by atoms with van der Waals surface area (Å²) in [5, 5.41) is 0. The van der Waals surface area contributed by atoms with Gasteiger partial charge in [-0.3, -0.25) is 0 Å². The van der Waals surface area contributed by atoms with Crippen LogP contribution in [-0.2, 0) is 20.4 Å². The van der Waals surface area contributed by atoms with Gasteiger partial charge in [-0.25, -0.2) is 0 Å². The topological polar surface area (TPSA) is 0 Å². The van der Waals surface area contributed by atoms with Crippen LogP contribution in [0.2, 0.25) is 13.1 Å². The van der Waals surface area contributed by atoms with Crippen LogP contribution in [0.15, 0.2) is 42.5 Å². The third-order valence-corrected chi connectivity index (χ3v) is 21.2. The minimum absolute atomic E-state index is 0.123. The normalized spacial score (nSPS) is 22.4. The first-order chi connectivity index (χ1) is 8.15. The fraction of sp³-hybridized carbons (Fsp3) is 0.467. The Hall–Kier alpha value is 0.0600. The van der Waals surface area contributed by atoms with Gasteiger partial charge in [-0.15, -0.1) is 0 Å². The Balaban J connectivity index is 2.43. The molecule has 90 valence electrons. The first-order valence-corrected chi connectivity index (χ1v) is 15.2. The van der Waals surface area contributed by atoms with Gasteiger partial charge in [0.25, 0.3) is 0 Å². The fourth-order valence-electron chi connectivity index (χ4n) is 2.86. The molecule has 2 aliphatic rings. The van der Waals surface area contributed by atoms with Crippen molar-refractivity contribution in [2.24, 2.45) is 5.92 Å². The molecule has 2 heteroatoms. The quantitative estimate of drug-likeness (QED) is 0.668. The van der Waals surface area contributed by atoms with Crippen LogP contribution in [0.1, 0.15) is 26.7 Å². The van der Waals surface area contributed by atoms with E-state index in [1.807, 2.05) is 6.56 Å². The van der Waals surface area contributed by atoms with Gasteiger partial charge in [0.15, 0.2) is 0 Å². The molecule has 17 heavy (non-hydrogen) atoms. The molecule has 0 N–H and O–H groups in total. The summed E-state index contributed by atoms with van der Waals surface area (Å²) in [4.78, 5) is 0. The summed E-state index contributed by atoms with van der Waals surface area (Å²) in [6.45, 7) is 9.77. The van der Waals surface area contributed by atoms with Crippen molar-refractivity contribution in [2.45, 2.75) is 39.8 Å². The summed E-state index contributed by atoms with van der Waals surface area (Å²) in [5.74, 6) is 0.783. The summed E-state index contributed by atoms with van der Waals surface area (Å²) in [5.41, 5.74) is 1.49. The van der Waals surface area contributed by atoms with E-state index in [-0.39, 0.29) is 5.43 Å². The van der Waals surface area contributed by atoms with E-state index in [1.165, 1.54) is 12.8 Å². The molecule has 0 aromatic heterocycles. The molecule has 0 nitrogen and oxygen atoms in total. The average molecular weight is 322 g/mol. The molecule has 0 heterocycles. The Morgan fingerprint density at radius 1 is 1.41 bits per heavy atom. The molecule has 0 aromatic rings. The van der Waals surface area contributed by atoms with Crippen LogP contribution in [-0.4, -0.2) is 5.43 Å². The molecule has 0 aliphatic heterocycles. The SMILES string of the molecule is CCC1C=CC(C)=[C]1[Zr]([C]1=CC=CC1)=[Si](C)C. The Morgan fingerprint density at radius 3 is 2.71 bits per heavy atom. The van der Waals surface area contributed by atoms with Gasteiger partial charge in [-0.1, -0.05) is 0 Å². The summed E-state index contributed by atoms with van der Waals surface area (Å²) in [6.07, 6.45) is 14.5. The first-order valence-electron chi connectivity index (χ1n) is 6.58. The predicted octanol–water partition coefficient (Wildman–Crippen LogP) is 4.57. The standard InChI is InChI=1S/C8H11.C5H5.C2H6Si.Zr/c1-3-8-5-4-7(2)6-8;1-2-4-5-3-1;1-3-2;/h4-5,8H,3H2,1-2H3;1-3H,4H2;1-2H3;. The zero-order chi connectivity index (χ0) is 12.4. The monoisotopic (exact) mass is 320 g/mol. The van der Waals surface area contributed by atoms with Gasteiger partial charge in [0, 0.05) is 0 Å². The van der Waals surface area contributed by atoms with E-state index in [0.717, 1.165) is 5.92 Å². The minimum atomic E-state index is -1.48. The number of allylic oxidation sites excluding steroid dienone is 8. The second kappa shape index (κ2) is 5.80. The van der Waals surface area contributed by atoms with Gasteiger partial charge in [0.1, 0.15) is 0 Å². The molecule has 0 saturated carbocycles. The zero-order valence-corrected chi connectivity index (χ0v) is 14.8. The molecular weight excluding hydrogens is 299 g/mol. The van der Waals surface area contributed by atoms with E-state index in [0.29, 0.717) is 0 Å². The van der Waals surface area contributed by atoms with Gasteiger partial charge >= 0.3 is 114 Å². The van der Waals surface area contributed by atoms with Gasteiger partial charge in [-0.05, 0) is 0 Å². The number of hydrogen-bond donors (Lipinski definition) is 0. The summed E-state index contributed by atoms with van der Waals surface area (Å²) in [7, 11) is 0. The molecule has 2 aliphatic carbocycles. The zero-order valence-electron chi connectivity index (χ0n) is 11.4. The van der Waals surface area contributed by atoms with E-state index in [4.69, 9.17) is 0 Å². The third-order valence-electron chi connectivity index (χ3n) is 3.68. The van der Waals surface area contributed by atoms with Gasteiger partial charge in [0.2, 0.25) is 0 Å². The Kier molecular flexibility index (Phi) is 4.60. The van der Waals surface area contributed by atoms with Crippen molar-refractivity contribution < 1.29 is 20.4 Å². The van der Waals surface area contributed by atoms with Crippen molar-refractivity contribution >= 4 is 5.43 Å². The van der Waals surface area contributed by atoms with E-state index in [9.17, 15) is 0 Å². The average Bonchev–Trinajstić information content (AvgIpc) is 2.90. The van der Waals surface area contributed by atoms with E-state index in [1.54, 1.807) is 5.57 Å². The molecule has 0 radical (unpaired) electrons. The third kappa shape index (κ3) is 2.74. The van der Waals surface area contributed by atoms with E-state index >= 15 is 0 Å². The predicted molar refractivity (Wildman–Crippen MR) is 74.9 cm³/mol. The molecule has 1 atom stereocenters. The maximum absolute atomic E-state index is 2.55. The second-order valence-corrected chi connectivity index (χ2v) is 22.2. The van der Waals surface area contributed by atoms with E-state index < -0.39 is 20.4 Å². The van der Waals surface area contributed by atoms with Crippen molar-refractivity contribution in [3.63, 3.8) is 0 Å². The molecule has 0 spiro atoms. The molecule has 0 amide bonds. The molecule has 2 rings (SSSR count). The van der Waals surface area contributed by atoms with Crippen LogP contribution in [0, 0.1) is 5.92 Å². The summed E-state index contributed by atoms with van der Waals surface area (Å²) < 4.78 is 3.77. The fourth-order valence-corrected chi connectivity index (χ4v) is 21.2. The molecular formula is C15H22SiZr. The molecule has 1 unspecified atom stereocenters. The Labute approximate surface area is 113 Å². The van der Waals surface area contributed by atoms with Crippen molar-refractivity contribution in [1.29, 1.82) is 0 Å². The van der Waals surface area contributed by atoms with Crippen molar-refractivity contribution in [3.8, 4) is 0 Å². The number of hydrogen-bond acceptors (Lipinski definition) is 0. The van der Waals surface area contributed by atoms with Gasteiger partial charge in [0.05, 0.1) is 0 Å². The van der Waals surface area contributed by atoms with Crippen LogP contribution >= 0.6 is 0 Å². The molecule has 0 fully saturated rings. The van der Waals surface area contributed by atoms with E-state index in [2.05, 4.69) is 57.3 Å². The molecule has 0 bridgehead atoms. The van der Waals surface area contributed by atoms with Crippen molar-refractivity contribution in [2.75, 3.05) is 0 Å². The Morgan fingerprint density at radius 2 is 2.18 bits per heavy atom. The van der Waals surface area contributed by atoms with Crippen LogP contribution in [0.25, 0.3) is 0 Å². The van der Waals surface area contributed by atoms with Crippen molar-refractivity contribution in [1.82, 2.24) is 0 Å². The summed E-state index contributed by atoms with van der Waals surface area (Å²) >= 11 is -1.48. The summed E-state index contributed by atoms with van der Waals surface area (Å²) in [6, 6.07) is 0. The Bertz CT molecular complexity index is 471. The molecule has 0 saturated heterocycles. The van der Waals surface area contributed by atoms with Gasteiger partial charge in [-0.2, -0.15) is 0 Å². The number of rotatable bonds is 3.